The molecule has 178 valence electrons. The zero-order valence-corrected chi connectivity index (χ0v) is 20.8. The van der Waals surface area contributed by atoms with Crippen LogP contribution in [-0.2, 0) is 17.8 Å². The molecule has 1 atom stereocenters. The number of hydrogen-bond donors (Lipinski definition) is 1. The summed E-state index contributed by atoms with van der Waals surface area (Å²) in [6.45, 7) is 2.73. The van der Waals surface area contributed by atoms with Gasteiger partial charge in [-0.1, -0.05) is 54.1 Å². The highest BCUT2D eigenvalue weighted by molar-refractivity contribution is 7.16. The number of carbonyl (C=O) groups excluding carboxylic acids is 1. The summed E-state index contributed by atoms with van der Waals surface area (Å²) >= 11 is 7.60. The van der Waals surface area contributed by atoms with Gasteiger partial charge in [0.05, 0.1) is 15.9 Å². The van der Waals surface area contributed by atoms with Crippen LogP contribution < -0.4 is 5.73 Å². The number of fused-ring (bicyclic) bond motifs is 1. The van der Waals surface area contributed by atoms with Crippen molar-refractivity contribution in [2.24, 2.45) is 0 Å². The van der Waals surface area contributed by atoms with Crippen molar-refractivity contribution in [1.29, 1.82) is 0 Å². The predicted molar refractivity (Wildman–Crippen MR) is 143 cm³/mol. The second-order valence-corrected chi connectivity index (χ2v) is 10.4. The average Bonchev–Trinajstić information content (AvgIpc) is 3.28. The fourth-order valence-electron chi connectivity index (χ4n) is 4.48. The van der Waals surface area contributed by atoms with E-state index in [0.717, 1.165) is 37.8 Å². The van der Waals surface area contributed by atoms with Gasteiger partial charge >= 0.3 is 0 Å². The van der Waals surface area contributed by atoms with E-state index in [0.29, 0.717) is 31.9 Å². The number of benzene rings is 2. The third-order valence-corrected chi connectivity index (χ3v) is 7.48. The predicted octanol–water partition coefficient (Wildman–Crippen LogP) is 4.90. The molecule has 0 aliphatic carbocycles. The summed E-state index contributed by atoms with van der Waals surface area (Å²) in [5, 5.41) is 0.827. The third kappa shape index (κ3) is 5.53. The number of hydrogen-bond acceptors (Lipinski definition) is 6. The van der Waals surface area contributed by atoms with E-state index in [1.165, 1.54) is 6.33 Å². The molecule has 5 rings (SSSR count). The van der Waals surface area contributed by atoms with Gasteiger partial charge in [0.2, 0.25) is 5.91 Å². The highest BCUT2D eigenvalue weighted by Crippen LogP contribution is 2.24. The number of nitrogen functional groups attached to an aromatic ring is 1. The fourth-order valence-corrected chi connectivity index (χ4v) is 5.47. The lowest BCUT2D eigenvalue weighted by molar-refractivity contribution is -0.142. The van der Waals surface area contributed by atoms with Gasteiger partial charge in [0, 0.05) is 36.4 Å². The quantitative estimate of drug-likeness (QED) is 0.388. The summed E-state index contributed by atoms with van der Waals surface area (Å²) in [5.74, 6) is 0.613. The van der Waals surface area contributed by atoms with Crippen LogP contribution in [0.1, 0.15) is 16.0 Å². The molecule has 0 bridgehead atoms. The van der Waals surface area contributed by atoms with Crippen LogP contribution in [0.3, 0.4) is 0 Å². The van der Waals surface area contributed by atoms with E-state index in [2.05, 4.69) is 39.2 Å². The number of piperazine rings is 1. The Morgan fingerprint density at radius 1 is 1.06 bits per heavy atom. The summed E-state index contributed by atoms with van der Waals surface area (Å²) in [6, 6.07) is 19.8. The molecule has 2 aromatic heterocycles. The van der Waals surface area contributed by atoms with Crippen LogP contribution in [0.25, 0.3) is 17.0 Å². The molecule has 6 nitrogen and oxygen atoms in total. The van der Waals surface area contributed by atoms with Crippen molar-refractivity contribution in [3.63, 3.8) is 0 Å². The first-order valence-electron chi connectivity index (χ1n) is 11.5. The molecule has 1 aliphatic rings. The Kier molecular flexibility index (Phi) is 7.08. The summed E-state index contributed by atoms with van der Waals surface area (Å²) in [4.78, 5) is 27.4. The largest absolute Gasteiger partial charge is 0.383 e. The van der Waals surface area contributed by atoms with Crippen LogP contribution in [0.15, 0.2) is 73.1 Å². The highest BCUT2D eigenvalue weighted by Gasteiger charge is 2.34. The normalized spacial score (nSPS) is 17.0. The Morgan fingerprint density at radius 2 is 1.91 bits per heavy atom. The SMILES string of the molecule is Nc1ncnc2cc(CN3CCN(C/C=C/c4ccc(Cl)s4)C(Cc4ccccc4)C3=O)ccc12. The summed E-state index contributed by atoms with van der Waals surface area (Å²) in [6.07, 6.45) is 6.35. The van der Waals surface area contributed by atoms with Gasteiger partial charge < -0.3 is 10.6 Å². The van der Waals surface area contributed by atoms with Crippen LogP contribution in [0.2, 0.25) is 4.34 Å². The number of nitrogens with zero attached hydrogens (tertiary/aromatic N) is 4. The molecule has 35 heavy (non-hydrogen) atoms. The molecule has 8 heteroatoms. The van der Waals surface area contributed by atoms with Crippen molar-refractivity contribution >= 4 is 51.6 Å². The number of amides is 1. The Balaban J connectivity index is 1.33. The van der Waals surface area contributed by atoms with Gasteiger partial charge in [0.1, 0.15) is 12.1 Å². The van der Waals surface area contributed by atoms with Crippen molar-refractivity contribution in [1.82, 2.24) is 19.8 Å². The van der Waals surface area contributed by atoms with Crippen molar-refractivity contribution in [3.8, 4) is 0 Å². The zero-order valence-electron chi connectivity index (χ0n) is 19.2. The second-order valence-electron chi connectivity index (χ2n) is 8.61. The van der Waals surface area contributed by atoms with E-state index in [1.54, 1.807) is 11.3 Å². The molecule has 1 amide bonds. The van der Waals surface area contributed by atoms with Gasteiger partial charge in [-0.05, 0) is 47.9 Å². The van der Waals surface area contributed by atoms with E-state index >= 15 is 0 Å². The van der Waals surface area contributed by atoms with Crippen molar-refractivity contribution < 1.29 is 4.79 Å². The first-order valence-corrected chi connectivity index (χ1v) is 12.7. The number of anilines is 1. The fraction of sp³-hybridized carbons (Fsp3) is 0.222. The van der Waals surface area contributed by atoms with E-state index in [4.69, 9.17) is 17.3 Å². The molecule has 0 spiro atoms. The number of nitrogens with two attached hydrogens (primary N) is 1. The summed E-state index contributed by atoms with van der Waals surface area (Å²) in [5.41, 5.74) is 8.95. The molecule has 3 heterocycles. The molecule has 0 radical (unpaired) electrons. The summed E-state index contributed by atoms with van der Waals surface area (Å²) < 4.78 is 0.776. The Labute approximate surface area is 213 Å². The van der Waals surface area contributed by atoms with Crippen LogP contribution >= 0.6 is 22.9 Å². The topological polar surface area (TPSA) is 75.3 Å². The molecule has 0 saturated carbocycles. The van der Waals surface area contributed by atoms with Gasteiger partial charge in [0.25, 0.3) is 0 Å². The van der Waals surface area contributed by atoms with Crippen molar-refractivity contribution in [2.75, 3.05) is 25.4 Å². The van der Waals surface area contributed by atoms with E-state index in [9.17, 15) is 4.79 Å². The second kappa shape index (κ2) is 10.6. The van der Waals surface area contributed by atoms with E-state index < -0.39 is 0 Å². The Morgan fingerprint density at radius 3 is 2.71 bits per heavy atom. The van der Waals surface area contributed by atoms with E-state index in [-0.39, 0.29) is 11.9 Å². The molecule has 4 aromatic rings. The molecule has 1 unspecified atom stereocenters. The Hall–Kier alpha value is -3.26. The molecule has 2 aromatic carbocycles. The number of thiophene rings is 1. The lowest BCUT2D eigenvalue weighted by Gasteiger charge is -2.40. The maximum Gasteiger partial charge on any atom is 0.240 e. The number of halogens is 1. The summed E-state index contributed by atoms with van der Waals surface area (Å²) in [7, 11) is 0. The van der Waals surface area contributed by atoms with Crippen molar-refractivity contribution in [3.05, 3.63) is 93.4 Å². The van der Waals surface area contributed by atoms with Crippen LogP contribution in [-0.4, -0.2) is 51.4 Å². The van der Waals surface area contributed by atoms with E-state index in [1.807, 2.05) is 53.4 Å². The van der Waals surface area contributed by atoms with Gasteiger partial charge in [-0.25, -0.2) is 9.97 Å². The van der Waals surface area contributed by atoms with Gasteiger partial charge in [-0.3, -0.25) is 9.69 Å². The van der Waals surface area contributed by atoms with Crippen molar-refractivity contribution in [2.45, 2.75) is 19.0 Å². The lowest BCUT2D eigenvalue weighted by Crippen LogP contribution is -2.57. The first-order chi connectivity index (χ1) is 17.1. The maximum absolute atomic E-state index is 13.7. The minimum absolute atomic E-state index is 0.148. The molecule has 1 aliphatic heterocycles. The molecule has 1 fully saturated rings. The minimum atomic E-state index is -0.221. The third-order valence-electron chi connectivity index (χ3n) is 6.29. The number of carbonyl (C=O) groups is 1. The van der Waals surface area contributed by atoms with Gasteiger partial charge in [-0.2, -0.15) is 0 Å². The lowest BCUT2D eigenvalue weighted by atomic mass is 10.0. The smallest absolute Gasteiger partial charge is 0.240 e. The van der Waals surface area contributed by atoms with Gasteiger partial charge in [-0.15, -0.1) is 11.3 Å². The molecule has 2 N–H and O–H groups in total. The van der Waals surface area contributed by atoms with Crippen LogP contribution in [0, 0.1) is 0 Å². The zero-order chi connectivity index (χ0) is 24.2. The van der Waals surface area contributed by atoms with Gasteiger partial charge in [0.15, 0.2) is 0 Å². The Bertz CT molecular complexity index is 1360. The molecular formula is C27H26ClN5OS. The number of aromatic nitrogens is 2. The monoisotopic (exact) mass is 503 g/mol. The molecular weight excluding hydrogens is 478 g/mol. The standard InChI is InChI=1S/C27H26ClN5OS/c28-25-11-9-21(35-25)7-4-12-32-13-14-33(27(34)24(32)16-19-5-2-1-3-6-19)17-20-8-10-22-23(15-20)30-18-31-26(22)29/h1-11,15,18,24H,12-14,16-17H2,(H2,29,30,31)/b7-4+. The minimum Gasteiger partial charge on any atom is -0.383 e. The first kappa shape index (κ1) is 23.5. The average molecular weight is 504 g/mol. The van der Waals surface area contributed by atoms with Crippen LogP contribution in [0.5, 0.6) is 0 Å². The highest BCUT2D eigenvalue weighted by atomic mass is 35.5. The molecule has 1 saturated heterocycles. The number of rotatable bonds is 7. The maximum atomic E-state index is 13.7. The van der Waals surface area contributed by atoms with Crippen LogP contribution in [0.4, 0.5) is 5.82 Å².